The number of aliphatic hydroxyl groups excluding tert-OH is 1. The molecule has 13 N–H and O–H groups in total. The van der Waals surface area contributed by atoms with Crippen LogP contribution in [0.15, 0.2) is 91.1 Å². The van der Waals surface area contributed by atoms with Gasteiger partial charge in [-0.25, -0.2) is 4.79 Å². The predicted molar refractivity (Wildman–Crippen MR) is 241 cm³/mol. The summed E-state index contributed by atoms with van der Waals surface area (Å²) in [5.41, 5.74) is 14.9. The molecule has 1 saturated heterocycles. The molecule has 19 heteroatoms. The molecule has 1 fully saturated rings. The molecule has 1 aliphatic rings. The fraction of sp³-hybridized carbons (Fsp3) is 0.400. The van der Waals surface area contributed by atoms with Crippen molar-refractivity contribution in [2.75, 3.05) is 18.1 Å². The van der Waals surface area contributed by atoms with Gasteiger partial charge in [0.15, 0.2) is 0 Å². The largest absolute Gasteiger partial charge is 0.480 e. The van der Waals surface area contributed by atoms with Gasteiger partial charge in [0, 0.05) is 41.4 Å². The molecule has 4 aromatic rings. The van der Waals surface area contributed by atoms with Crippen molar-refractivity contribution < 1.29 is 43.8 Å². The number of carboxylic acid groups (broad SMARTS) is 1. The number of H-pyrrole nitrogens is 1. The summed E-state index contributed by atoms with van der Waals surface area (Å²) in [6, 6.07) is 15.5. The molecule has 0 unspecified atom stereocenters. The van der Waals surface area contributed by atoms with E-state index in [-0.39, 0.29) is 43.7 Å². The number of hydrogen-bond acceptors (Lipinski definition) is 11. The van der Waals surface area contributed by atoms with Crippen LogP contribution >= 0.6 is 11.8 Å². The fourth-order valence-electron chi connectivity index (χ4n) is 7.19. The third-order valence-electron chi connectivity index (χ3n) is 10.7. The number of carbonyl (C=O) groups is 7. The van der Waals surface area contributed by atoms with Crippen molar-refractivity contribution in [3.05, 3.63) is 108 Å². The molecule has 3 aromatic carbocycles. The smallest absolute Gasteiger partial charge is 0.327 e. The number of thioether (sulfide) groups is 1. The van der Waals surface area contributed by atoms with Gasteiger partial charge < -0.3 is 58.6 Å². The van der Waals surface area contributed by atoms with Crippen molar-refractivity contribution in [2.45, 2.75) is 93.8 Å². The minimum atomic E-state index is -1.65. The maximum Gasteiger partial charge on any atom is 0.327 e. The van der Waals surface area contributed by atoms with Crippen LogP contribution in [0.25, 0.3) is 10.9 Å². The Morgan fingerprint density at radius 3 is 1.98 bits per heavy atom. The van der Waals surface area contributed by atoms with Crippen LogP contribution < -0.4 is 43.4 Å². The molecule has 2 heterocycles. The maximum atomic E-state index is 14.6. The zero-order chi connectivity index (χ0) is 46.2. The molecule has 8 atom stereocenters. The molecule has 0 spiro atoms. The summed E-state index contributed by atoms with van der Waals surface area (Å²) in [7, 11) is 0. The van der Waals surface area contributed by atoms with Gasteiger partial charge in [0.25, 0.3) is 0 Å². The number of nitrogens with two attached hydrogens (primary N) is 2. The number of benzene rings is 3. The number of carboxylic acids is 1. The third-order valence-corrected chi connectivity index (χ3v) is 11.9. The monoisotopic (exact) mass is 899 g/mol. The lowest BCUT2D eigenvalue weighted by atomic mass is 10.0. The highest BCUT2D eigenvalue weighted by atomic mass is 32.2. The van der Waals surface area contributed by atoms with Crippen molar-refractivity contribution >= 4 is 64.1 Å². The second-order valence-electron chi connectivity index (χ2n) is 15.7. The van der Waals surface area contributed by atoms with Gasteiger partial charge in [0.05, 0.1) is 12.1 Å². The van der Waals surface area contributed by atoms with Gasteiger partial charge >= 0.3 is 5.97 Å². The molecule has 0 radical (unpaired) electrons. The number of aromatic amines is 1. The van der Waals surface area contributed by atoms with Crippen LogP contribution in [-0.4, -0.2) is 123 Å². The Balaban J connectivity index is 1.54. The SMILES string of the molecule is C[C@@H](O)[C@@H]1NC(=O)[C@H](CCCCN)NC(=O)[C@@H](Cc2c[nH]c3ccccc23)NC(=O)[C@H](Cc2ccccc2)NC(=O)[C@@H](NC(=O)[C@H](N)Cc2ccccc2)CSC[C@H](C(=O)O)NC1=O. The standard InChI is InChI=1S/C45H57N9O9S/c1-26(55)38-44(61)53-37(45(62)63)25-64-24-36(52-39(56)31(47)20-27-12-4-2-5-13-27)43(60)50-34(21-28-14-6-3-7-15-28)41(58)51-35(22-29-23-48-32-17-9-8-16-30(29)32)42(59)49-33(40(57)54-38)18-10-11-19-46/h2-9,12-17,23,26,31,33-38,48,55H,10-11,18-22,24-25,46-47H2,1H3,(H,49,59)(H,50,60)(H,51,58)(H,52,56)(H,53,61)(H,54,57)(H,62,63)/t26-,31-,33+,34+,35-,36+,37-,38+/m1/s1. The lowest BCUT2D eigenvalue weighted by Gasteiger charge is -2.28. The number of rotatable bonds is 14. The number of hydrogen-bond donors (Lipinski definition) is 11. The average Bonchev–Trinajstić information content (AvgIpc) is 3.69. The lowest BCUT2D eigenvalue weighted by molar-refractivity contribution is -0.142. The lowest BCUT2D eigenvalue weighted by Crippen LogP contribution is -2.61. The number of aromatic nitrogens is 1. The highest BCUT2D eigenvalue weighted by Gasteiger charge is 2.36. The molecule has 0 bridgehead atoms. The number of fused-ring (bicyclic) bond motifs is 1. The summed E-state index contributed by atoms with van der Waals surface area (Å²) in [4.78, 5) is 100. The number of aliphatic hydroxyl groups is 1. The summed E-state index contributed by atoms with van der Waals surface area (Å²) in [6.07, 6.45) is 1.13. The van der Waals surface area contributed by atoms with Crippen molar-refractivity contribution in [3.8, 4) is 0 Å². The van der Waals surface area contributed by atoms with Crippen LogP contribution in [-0.2, 0) is 52.8 Å². The van der Waals surface area contributed by atoms with Crippen LogP contribution in [0.4, 0.5) is 0 Å². The van der Waals surface area contributed by atoms with Crippen LogP contribution in [0.5, 0.6) is 0 Å². The summed E-state index contributed by atoms with van der Waals surface area (Å²) in [5.74, 6) is -6.91. The van der Waals surface area contributed by atoms with Gasteiger partial charge in [-0.15, -0.1) is 0 Å². The van der Waals surface area contributed by atoms with E-state index in [0.717, 1.165) is 28.2 Å². The highest BCUT2D eigenvalue weighted by Crippen LogP contribution is 2.20. The average molecular weight is 900 g/mol. The molecule has 0 saturated carbocycles. The zero-order valence-electron chi connectivity index (χ0n) is 35.5. The van der Waals surface area contributed by atoms with Gasteiger partial charge in [-0.1, -0.05) is 78.9 Å². The Hall–Kier alpha value is -6.28. The van der Waals surface area contributed by atoms with Gasteiger partial charge in [-0.2, -0.15) is 11.8 Å². The number of carbonyl (C=O) groups excluding carboxylic acids is 6. The molecule has 18 nitrogen and oxygen atoms in total. The van der Waals surface area contributed by atoms with E-state index in [2.05, 4.69) is 36.9 Å². The van der Waals surface area contributed by atoms with E-state index in [1.807, 2.05) is 30.3 Å². The fourth-order valence-corrected chi connectivity index (χ4v) is 8.26. The minimum Gasteiger partial charge on any atom is -0.480 e. The van der Waals surface area contributed by atoms with Gasteiger partial charge in [-0.3, -0.25) is 28.8 Å². The van der Waals surface area contributed by atoms with Crippen molar-refractivity contribution in [1.29, 1.82) is 0 Å². The Morgan fingerprint density at radius 2 is 1.33 bits per heavy atom. The van der Waals surface area contributed by atoms with E-state index in [9.17, 15) is 43.8 Å². The predicted octanol–water partition coefficient (Wildman–Crippen LogP) is -0.227. The second-order valence-corrected chi connectivity index (χ2v) is 16.8. The minimum absolute atomic E-state index is 0.0425. The van der Waals surface area contributed by atoms with Crippen molar-refractivity contribution in [2.24, 2.45) is 11.5 Å². The van der Waals surface area contributed by atoms with Crippen LogP contribution in [0.1, 0.15) is 42.9 Å². The molecule has 64 heavy (non-hydrogen) atoms. The second kappa shape index (κ2) is 24.0. The number of amides is 6. The summed E-state index contributed by atoms with van der Waals surface area (Å²) in [5, 5.41) is 37.4. The normalized spacial score (nSPS) is 22.8. The van der Waals surface area contributed by atoms with Crippen LogP contribution in [0, 0.1) is 0 Å². The number of unbranched alkanes of at least 4 members (excludes halogenated alkanes) is 1. The zero-order valence-corrected chi connectivity index (χ0v) is 36.3. The molecule has 0 aliphatic carbocycles. The van der Waals surface area contributed by atoms with E-state index < -0.39 is 89.8 Å². The first-order valence-corrected chi connectivity index (χ1v) is 22.3. The Kier molecular flexibility index (Phi) is 18.3. The molecular formula is C45H57N9O9S. The van der Waals surface area contributed by atoms with E-state index in [4.69, 9.17) is 11.5 Å². The third kappa shape index (κ3) is 14.1. The number of para-hydroxylation sites is 1. The Bertz CT molecular complexity index is 2230. The quantitative estimate of drug-likeness (QED) is 0.0733. The first kappa shape index (κ1) is 48.7. The molecule has 342 valence electrons. The van der Waals surface area contributed by atoms with Gasteiger partial charge in [-0.05, 0) is 61.9 Å². The Morgan fingerprint density at radius 1 is 0.734 bits per heavy atom. The molecule has 1 aliphatic heterocycles. The van der Waals surface area contributed by atoms with Crippen molar-refractivity contribution in [1.82, 2.24) is 36.9 Å². The van der Waals surface area contributed by atoms with Crippen LogP contribution in [0.3, 0.4) is 0 Å². The molecule has 1 aromatic heterocycles. The van der Waals surface area contributed by atoms with E-state index >= 15 is 0 Å². The van der Waals surface area contributed by atoms with Crippen LogP contribution in [0.2, 0.25) is 0 Å². The summed E-state index contributed by atoms with van der Waals surface area (Å²) >= 11 is 0.909. The molecule has 5 rings (SSSR count). The molecular weight excluding hydrogens is 843 g/mol. The van der Waals surface area contributed by atoms with Crippen molar-refractivity contribution in [3.63, 3.8) is 0 Å². The topological polar surface area (TPSA) is 300 Å². The molecule has 6 amide bonds. The van der Waals surface area contributed by atoms with E-state index in [0.29, 0.717) is 24.0 Å². The van der Waals surface area contributed by atoms with Gasteiger partial charge in [0.1, 0.15) is 36.3 Å². The Labute approximate surface area is 374 Å². The van der Waals surface area contributed by atoms with E-state index in [1.165, 1.54) is 6.92 Å². The number of aliphatic carboxylic acids is 1. The number of nitrogens with one attached hydrogen (secondary N) is 7. The van der Waals surface area contributed by atoms with E-state index in [1.54, 1.807) is 60.8 Å². The van der Waals surface area contributed by atoms with Gasteiger partial charge in [0.2, 0.25) is 35.4 Å². The first-order chi connectivity index (χ1) is 30.7. The summed E-state index contributed by atoms with van der Waals surface area (Å²) in [6.45, 7) is 1.52. The first-order valence-electron chi connectivity index (χ1n) is 21.1. The maximum absolute atomic E-state index is 14.6. The summed E-state index contributed by atoms with van der Waals surface area (Å²) < 4.78 is 0. The highest BCUT2D eigenvalue weighted by molar-refractivity contribution is 7.99.